The van der Waals surface area contributed by atoms with E-state index in [0.29, 0.717) is 6.42 Å². The van der Waals surface area contributed by atoms with Crippen molar-refractivity contribution < 1.29 is 23.3 Å². The van der Waals surface area contributed by atoms with Gasteiger partial charge in [-0.15, -0.1) is 0 Å². The first kappa shape index (κ1) is 15.7. The molecule has 8 heteroatoms. The van der Waals surface area contributed by atoms with Gasteiger partial charge in [-0.2, -0.15) is 0 Å². The second-order valence-electron chi connectivity index (χ2n) is 4.08. The van der Waals surface area contributed by atoms with E-state index < -0.39 is 28.3 Å². The Hall–Kier alpha value is -0.305. The molecule has 0 amide bonds. The molecule has 0 aliphatic rings. The minimum atomic E-state index is -3.85. The molecule has 94 valence electrons. The van der Waals surface area contributed by atoms with E-state index in [1.165, 1.54) is 4.90 Å². The standard InChI is InChI=1S/C8H18BNO5S/c1-7(2)3-8(4-11)10(5-12)6-16(14,15)9-13/h7-8,11-12H,3-6H2,1-2H3. The van der Waals surface area contributed by atoms with E-state index in [9.17, 15) is 13.1 Å². The van der Waals surface area contributed by atoms with Gasteiger partial charge in [-0.1, -0.05) is 0 Å². The van der Waals surface area contributed by atoms with Crippen molar-refractivity contribution >= 4 is 16.1 Å². The second-order valence-corrected chi connectivity index (χ2v) is 5.86. The molecule has 0 radical (unpaired) electrons. The molecule has 0 spiro atoms. The second kappa shape index (κ2) is 7.11. The number of hydrogen-bond acceptors (Lipinski definition) is 6. The molecular formula is C8H18BNO5S. The van der Waals surface area contributed by atoms with Crippen LogP contribution in [-0.4, -0.2) is 55.2 Å². The van der Waals surface area contributed by atoms with E-state index in [2.05, 4.69) is 0 Å². The van der Waals surface area contributed by atoms with Crippen molar-refractivity contribution in [1.29, 1.82) is 0 Å². The van der Waals surface area contributed by atoms with E-state index in [4.69, 9.17) is 10.2 Å². The van der Waals surface area contributed by atoms with Gasteiger partial charge in [-0.3, -0.25) is 0 Å². The van der Waals surface area contributed by atoms with Gasteiger partial charge in [-0.05, 0) is 0 Å². The van der Waals surface area contributed by atoms with Crippen LogP contribution in [-0.2, 0) is 14.4 Å². The maximum absolute atomic E-state index is 11.1. The first-order valence-corrected chi connectivity index (χ1v) is 6.71. The Bertz CT molecular complexity index is 306. The fourth-order valence-corrected chi connectivity index (χ4v) is 2.22. The molecule has 0 aliphatic heterocycles. The molecule has 1 atom stereocenters. The van der Waals surface area contributed by atoms with Crippen LogP contribution in [0.1, 0.15) is 20.3 Å². The quantitative estimate of drug-likeness (QED) is 0.423. The molecular weight excluding hydrogens is 233 g/mol. The third kappa shape index (κ3) is 5.69. The van der Waals surface area contributed by atoms with Crippen LogP contribution in [0.2, 0.25) is 0 Å². The number of aliphatic hydroxyl groups excluding tert-OH is 2. The van der Waals surface area contributed by atoms with Gasteiger partial charge in [0, 0.05) is 0 Å². The molecule has 16 heavy (non-hydrogen) atoms. The van der Waals surface area contributed by atoms with Crippen molar-refractivity contribution in [2.24, 2.45) is 5.92 Å². The zero-order chi connectivity index (χ0) is 12.8. The van der Waals surface area contributed by atoms with Crippen molar-refractivity contribution in [2.75, 3.05) is 19.2 Å². The summed E-state index contributed by atoms with van der Waals surface area (Å²) >= 11 is 0. The summed E-state index contributed by atoms with van der Waals surface area (Å²) in [4.78, 5) is 1.17. The van der Waals surface area contributed by atoms with Crippen LogP contribution >= 0.6 is 0 Å². The summed E-state index contributed by atoms with van der Waals surface area (Å²) in [6, 6.07) is -0.459. The summed E-state index contributed by atoms with van der Waals surface area (Å²) in [5, 5.41) is 18.1. The van der Waals surface area contributed by atoms with Crippen LogP contribution in [0.4, 0.5) is 0 Å². The molecule has 0 aromatic carbocycles. The molecule has 6 nitrogen and oxygen atoms in total. The fourth-order valence-electron chi connectivity index (χ4n) is 1.41. The Morgan fingerprint density at radius 3 is 2.19 bits per heavy atom. The minimum absolute atomic E-state index is 0.139. The van der Waals surface area contributed by atoms with Crippen LogP contribution in [0.5, 0.6) is 0 Å². The first-order valence-electron chi connectivity index (χ1n) is 5.00. The van der Waals surface area contributed by atoms with Crippen molar-refractivity contribution in [2.45, 2.75) is 26.3 Å². The van der Waals surface area contributed by atoms with E-state index in [1.807, 2.05) is 13.8 Å². The first-order chi connectivity index (χ1) is 7.36. The Labute approximate surface area is 96.3 Å². The van der Waals surface area contributed by atoms with E-state index in [0.717, 1.165) is 0 Å². The predicted octanol–water partition coefficient (Wildman–Crippen LogP) is -1.02. The van der Waals surface area contributed by atoms with Gasteiger partial charge in [-0.25, -0.2) is 0 Å². The molecule has 0 saturated heterocycles. The Morgan fingerprint density at radius 1 is 1.31 bits per heavy atom. The molecule has 2 N–H and O–H groups in total. The maximum atomic E-state index is 11.1. The number of hydrogen-bond donors (Lipinski definition) is 2. The summed E-state index contributed by atoms with van der Waals surface area (Å²) in [5.41, 5.74) is 0. The summed E-state index contributed by atoms with van der Waals surface area (Å²) in [5.74, 6) is -0.310. The fraction of sp³-hybridized carbons (Fsp3) is 1.00. The molecule has 0 aromatic heterocycles. The van der Waals surface area contributed by atoms with E-state index >= 15 is 0 Å². The SMILES string of the molecule is CC(C)CC(CO)N(CO)CS(=O)(=O)B=O. The number of aliphatic hydroxyl groups is 2. The van der Waals surface area contributed by atoms with Crippen LogP contribution in [0, 0.1) is 5.92 Å². The Kier molecular flexibility index (Phi) is 6.97. The van der Waals surface area contributed by atoms with Crippen molar-refractivity contribution in [3.63, 3.8) is 0 Å². The molecule has 0 heterocycles. The molecule has 0 aliphatic carbocycles. The monoisotopic (exact) mass is 251 g/mol. The van der Waals surface area contributed by atoms with Crippen molar-refractivity contribution in [3.05, 3.63) is 0 Å². The van der Waals surface area contributed by atoms with Crippen molar-refractivity contribution in [3.8, 4) is 0 Å². The third-order valence-electron chi connectivity index (χ3n) is 2.14. The molecule has 0 aromatic rings. The predicted molar refractivity (Wildman–Crippen MR) is 59.5 cm³/mol. The number of rotatable bonds is 8. The number of nitrogens with zero attached hydrogens (tertiary/aromatic N) is 1. The molecule has 0 fully saturated rings. The van der Waals surface area contributed by atoms with Gasteiger partial charge in [0.1, 0.15) is 0 Å². The summed E-state index contributed by atoms with van der Waals surface area (Å²) in [6.45, 7) is 3.08. The van der Waals surface area contributed by atoms with Gasteiger partial charge in [0.05, 0.1) is 0 Å². The Balaban J connectivity index is 4.62. The zero-order valence-electron chi connectivity index (χ0n) is 9.54. The summed E-state index contributed by atoms with van der Waals surface area (Å²) < 4.78 is 32.4. The average Bonchev–Trinajstić information content (AvgIpc) is 2.22. The molecule has 0 saturated carbocycles. The normalized spacial score (nSPS) is 14.1. The van der Waals surface area contributed by atoms with Gasteiger partial charge < -0.3 is 0 Å². The van der Waals surface area contributed by atoms with Crippen LogP contribution in [0.15, 0.2) is 0 Å². The summed E-state index contributed by atoms with van der Waals surface area (Å²) in [6.07, 6.45) is 0.408. The van der Waals surface area contributed by atoms with Crippen LogP contribution < -0.4 is 0 Å². The Morgan fingerprint density at radius 2 is 1.88 bits per heavy atom. The van der Waals surface area contributed by atoms with Crippen LogP contribution in [0.25, 0.3) is 0 Å². The van der Waals surface area contributed by atoms with Gasteiger partial charge >= 0.3 is 95.8 Å². The van der Waals surface area contributed by atoms with E-state index in [1.54, 1.807) is 0 Å². The van der Waals surface area contributed by atoms with Gasteiger partial charge in [0.25, 0.3) is 0 Å². The zero-order valence-corrected chi connectivity index (χ0v) is 10.4. The topological polar surface area (TPSA) is 94.9 Å². The van der Waals surface area contributed by atoms with Gasteiger partial charge in [0.15, 0.2) is 0 Å². The van der Waals surface area contributed by atoms with Crippen LogP contribution in [0.3, 0.4) is 0 Å². The molecule has 0 rings (SSSR count). The van der Waals surface area contributed by atoms with E-state index in [-0.39, 0.29) is 19.0 Å². The third-order valence-corrected chi connectivity index (χ3v) is 3.13. The van der Waals surface area contributed by atoms with Gasteiger partial charge in [0.2, 0.25) is 0 Å². The summed E-state index contributed by atoms with van der Waals surface area (Å²) in [7, 11) is -3.85. The average molecular weight is 251 g/mol. The molecule has 0 bridgehead atoms. The van der Waals surface area contributed by atoms with Crippen molar-refractivity contribution in [1.82, 2.24) is 4.90 Å². The molecule has 1 unspecified atom stereocenters.